The maximum absolute atomic E-state index is 12.5. The third kappa shape index (κ3) is 4.85. The van der Waals surface area contributed by atoms with Crippen LogP contribution in [0.3, 0.4) is 0 Å². The van der Waals surface area contributed by atoms with Crippen LogP contribution in [0.1, 0.15) is 39.7 Å². The van der Waals surface area contributed by atoms with Crippen molar-refractivity contribution in [1.29, 1.82) is 0 Å². The van der Waals surface area contributed by atoms with Crippen LogP contribution in [0.15, 0.2) is 30.3 Å². The Hall–Kier alpha value is -1.35. The largest absolute Gasteiger partial charge is 0.374 e. The fourth-order valence-electron chi connectivity index (χ4n) is 2.72. The van der Waals surface area contributed by atoms with Gasteiger partial charge < -0.3 is 9.64 Å². The Morgan fingerprint density at radius 2 is 1.95 bits per heavy atom. The highest BCUT2D eigenvalue weighted by atomic mass is 16.5. The fourth-order valence-corrected chi connectivity index (χ4v) is 2.72. The molecule has 3 heteroatoms. The van der Waals surface area contributed by atoms with E-state index >= 15 is 0 Å². The first-order chi connectivity index (χ1) is 9.85. The second-order valence-corrected chi connectivity index (χ2v) is 7.28. The van der Waals surface area contributed by atoms with Crippen molar-refractivity contribution >= 4 is 5.91 Å². The second kappa shape index (κ2) is 6.61. The van der Waals surface area contributed by atoms with Gasteiger partial charge in [0, 0.05) is 19.4 Å². The lowest BCUT2D eigenvalue weighted by Crippen LogP contribution is -2.52. The summed E-state index contributed by atoms with van der Waals surface area (Å²) in [5, 5.41) is 0. The molecule has 21 heavy (non-hydrogen) atoms. The number of nitrogens with zero attached hydrogens (tertiary/aromatic N) is 1. The van der Waals surface area contributed by atoms with Crippen LogP contribution < -0.4 is 0 Å². The molecule has 2 unspecified atom stereocenters. The predicted molar refractivity (Wildman–Crippen MR) is 85.1 cm³/mol. The SMILES string of the molecule is CC1COC(Cc2ccccc2)CN1C(=O)CC(C)(C)C. The van der Waals surface area contributed by atoms with Gasteiger partial charge in [-0.3, -0.25) is 4.79 Å². The lowest BCUT2D eigenvalue weighted by Gasteiger charge is -2.39. The van der Waals surface area contributed by atoms with Crippen LogP contribution in [-0.2, 0) is 16.0 Å². The van der Waals surface area contributed by atoms with Crippen molar-refractivity contribution < 1.29 is 9.53 Å². The standard InChI is InChI=1S/C18H27NO2/c1-14-13-21-16(10-15-8-6-5-7-9-15)12-19(14)17(20)11-18(2,3)4/h5-9,14,16H,10-13H2,1-4H3. The quantitative estimate of drug-likeness (QED) is 0.854. The molecule has 0 bridgehead atoms. The number of ether oxygens (including phenoxy) is 1. The van der Waals surface area contributed by atoms with Crippen LogP contribution in [0.25, 0.3) is 0 Å². The summed E-state index contributed by atoms with van der Waals surface area (Å²) in [6, 6.07) is 10.5. The van der Waals surface area contributed by atoms with Gasteiger partial charge in [0.2, 0.25) is 5.91 Å². The fraction of sp³-hybridized carbons (Fsp3) is 0.611. The van der Waals surface area contributed by atoms with E-state index in [1.807, 2.05) is 23.1 Å². The molecule has 0 N–H and O–H groups in total. The number of benzene rings is 1. The first kappa shape index (κ1) is 16.0. The second-order valence-electron chi connectivity index (χ2n) is 7.28. The number of rotatable bonds is 3. The number of amides is 1. The van der Waals surface area contributed by atoms with Gasteiger partial charge >= 0.3 is 0 Å². The Kier molecular flexibility index (Phi) is 5.04. The van der Waals surface area contributed by atoms with Crippen molar-refractivity contribution in [3.8, 4) is 0 Å². The van der Waals surface area contributed by atoms with Crippen LogP contribution >= 0.6 is 0 Å². The average molecular weight is 289 g/mol. The number of hydrogen-bond donors (Lipinski definition) is 0. The normalized spacial score (nSPS) is 23.1. The third-order valence-corrected chi connectivity index (χ3v) is 3.81. The van der Waals surface area contributed by atoms with Crippen LogP contribution in [0, 0.1) is 5.41 Å². The van der Waals surface area contributed by atoms with Gasteiger partial charge in [0.15, 0.2) is 0 Å². The number of morpholine rings is 1. The zero-order valence-corrected chi connectivity index (χ0v) is 13.6. The summed E-state index contributed by atoms with van der Waals surface area (Å²) in [6.45, 7) is 9.73. The lowest BCUT2D eigenvalue weighted by molar-refractivity contribution is -0.145. The molecule has 2 atom stereocenters. The number of carbonyl (C=O) groups is 1. The molecule has 1 fully saturated rings. The molecule has 0 aromatic heterocycles. The third-order valence-electron chi connectivity index (χ3n) is 3.81. The minimum atomic E-state index is 0.0318. The van der Waals surface area contributed by atoms with Gasteiger partial charge in [-0.25, -0.2) is 0 Å². The molecule has 0 saturated carbocycles. The van der Waals surface area contributed by atoms with Crippen molar-refractivity contribution in [1.82, 2.24) is 4.90 Å². The highest BCUT2D eigenvalue weighted by Crippen LogP contribution is 2.23. The molecule has 3 nitrogen and oxygen atoms in total. The van der Waals surface area contributed by atoms with Gasteiger partial charge in [-0.1, -0.05) is 51.1 Å². The van der Waals surface area contributed by atoms with E-state index in [-0.39, 0.29) is 23.5 Å². The topological polar surface area (TPSA) is 29.5 Å². The first-order valence-electron chi connectivity index (χ1n) is 7.80. The predicted octanol–water partition coefficient (Wildman–Crippen LogP) is 3.28. The van der Waals surface area contributed by atoms with Crippen LogP contribution in [0.5, 0.6) is 0 Å². The average Bonchev–Trinajstić information content (AvgIpc) is 2.40. The van der Waals surface area contributed by atoms with Crippen molar-refractivity contribution in [3.05, 3.63) is 35.9 Å². The summed E-state index contributed by atoms with van der Waals surface area (Å²) in [5.41, 5.74) is 1.30. The van der Waals surface area contributed by atoms with Gasteiger partial charge in [-0.15, -0.1) is 0 Å². The maximum atomic E-state index is 12.5. The Bertz CT molecular complexity index is 464. The number of carbonyl (C=O) groups excluding carboxylic acids is 1. The van der Waals surface area contributed by atoms with Crippen molar-refractivity contribution in [3.63, 3.8) is 0 Å². The van der Waals surface area contributed by atoms with Crippen molar-refractivity contribution in [2.24, 2.45) is 5.41 Å². The van der Waals surface area contributed by atoms with E-state index in [4.69, 9.17) is 4.74 Å². The monoisotopic (exact) mass is 289 g/mol. The lowest BCUT2D eigenvalue weighted by atomic mass is 9.91. The van der Waals surface area contributed by atoms with Crippen molar-refractivity contribution in [2.45, 2.75) is 52.7 Å². The van der Waals surface area contributed by atoms with E-state index < -0.39 is 0 Å². The highest BCUT2D eigenvalue weighted by Gasteiger charge is 2.31. The van der Waals surface area contributed by atoms with E-state index in [0.717, 1.165) is 6.42 Å². The summed E-state index contributed by atoms with van der Waals surface area (Å²) in [7, 11) is 0. The number of hydrogen-bond acceptors (Lipinski definition) is 2. The first-order valence-corrected chi connectivity index (χ1v) is 7.80. The Morgan fingerprint density at radius 1 is 1.29 bits per heavy atom. The Labute approximate surface area is 128 Å². The van der Waals surface area contributed by atoms with E-state index in [9.17, 15) is 4.79 Å². The van der Waals surface area contributed by atoms with Crippen molar-refractivity contribution in [2.75, 3.05) is 13.2 Å². The van der Waals surface area contributed by atoms with Gasteiger partial charge in [-0.2, -0.15) is 0 Å². The molecular formula is C18H27NO2. The van der Waals surface area contributed by atoms with E-state index in [2.05, 4.69) is 39.8 Å². The summed E-state index contributed by atoms with van der Waals surface area (Å²) in [4.78, 5) is 14.5. The zero-order chi connectivity index (χ0) is 15.5. The Morgan fingerprint density at radius 3 is 2.57 bits per heavy atom. The van der Waals surface area contributed by atoms with Gasteiger partial charge in [-0.05, 0) is 17.9 Å². The molecule has 1 heterocycles. The molecule has 0 spiro atoms. The summed E-state index contributed by atoms with van der Waals surface area (Å²) in [6.07, 6.45) is 1.56. The zero-order valence-electron chi connectivity index (χ0n) is 13.6. The molecule has 1 aliphatic rings. The molecule has 116 valence electrons. The molecule has 1 aromatic rings. The molecule has 1 saturated heterocycles. The van der Waals surface area contributed by atoms with Crippen LogP contribution in [-0.4, -0.2) is 36.1 Å². The van der Waals surface area contributed by atoms with Gasteiger partial charge in [0.05, 0.1) is 18.8 Å². The minimum absolute atomic E-state index is 0.0318. The summed E-state index contributed by atoms with van der Waals surface area (Å²) in [5.74, 6) is 0.247. The molecule has 2 rings (SSSR count). The van der Waals surface area contributed by atoms with E-state index in [1.54, 1.807) is 0 Å². The summed E-state index contributed by atoms with van der Waals surface area (Å²) >= 11 is 0. The minimum Gasteiger partial charge on any atom is -0.374 e. The maximum Gasteiger partial charge on any atom is 0.223 e. The highest BCUT2D eigenvalue weighted by molar-refractivity contribution is 5.77. The molecular weight excluding hydrogens is 262 g/mol. The van der Waals surface area contributed by atoms with Gasteiger partial charge in [0.25, 0.3) is 0 Å². The Balaban J connectivity index is 1.97. The molecule has 1 aliphatic heterocycles. The molecule has 1 aromatic carbocycles. The van der Waals surface area contributed by atoms with Crippen LogP contribution in [0.4, 0.5) is 0 Å². The molecule has 0 radical (unpaired) electrons. The molecule has 0 aliphatic carbocycles. The smallest absolute Gasteiger partial charge is 0.223 e. The van der Waals surface area contributed by atoms with Crippen LogP contribution in [0.2, 0.25) is 0 Å². The van der Waals surface area contributed by atoms with Gasteiger partial charge in [0.1, 0.15) is 0 Å². The molecule has 1 amide bonds. The van der Waals surface area contributed by atoms with E-state index in [1.165, 1.54) is 5.56 Å². The summed E-state index contributed by atoms with van der Waals surface area (Å²) < 4.78 is 5.91. The van der Waals surface area contributed by atoms with E-state index in [0.29, 0.717) is 19.6 Å².